The van der Waals surface area contributed by atoms with Gasteiger partial charge in [0, 0.05) is 22.9 Å². The van der Waals surface area contributed by atoms with Gasteiger partial charge in [-0.15, -0.1) is 0 Å². The van der Waals surface area contributed by atoms with Gasteiger partial charge in [0.2, 0.25) is 0 Å². The van der Waals surface area contributed by atoms with Crippen molar-refractivity contribution in [1.82, 2.24) is 4.98 Å². The molecule has 4 rings (SSSR count). The molecule has 0 spiro atoms. The molecule has 20 heavy (non-hydrogen) atoms. The molecule has 0 N–H and O–H groups in total. The van der Waals surface area contributed by atoms with E-state index in [-0.39, 0.29) is 5.78 Å². The minimum Gasteiger partial charge on any atom is -0.294 e. The third-order valence-electron chi connectivity index (χ3n) is 3.92. The number of Topliss-reactive ketones (excluding diaryl/α,β-unsaturated/α-hetero) is 1. The highest BCUT2D eigenvalue weighted by Crippen LogP contribution is 2.28. The average Bonchev–Trinajstić information content (AvgIpc) is 2.88. The number of nitrogens with zero attached hydrogens (tertiary/aromatic N) is 1. The van der Waals surface area contributed by atoms with Gasteiger partial charge in [-0.05, 0) is 30.2 Å². The summed E-state index contributed by atoms with van der Waals surface area (Å²) < 4.78 is 0. The first-order valence-corrected chi connectivity index (χ1v) is 6.83. The van der Waals surface area contributed by atoms with Crippen molar-refractivity contribution in [2.45, 2.75) is 12.8 Å². The summed E-state index contributed by atoms with van der Waals surface area (Å²) in [6.45, 7) is 0. The van der Waals surface area contributed by atoms with Crippen molar-refractivity contribution < 1.29 is 4.79 Å². The lowest BCUT2D eigenvalue weighted by Gasteiger charge is -2.05. The van der Waals surface area contributed by atoms with Crippen LogP contribution < -0.4 is 0 Å². The Hall–Kier alpha value is -2.48. The van der Waals surface area contributed by atoms with Crippen LogP contribution in [0.15, 0.2) is 54.6 Å². The van der Waals surface area contributed by atoms with Gasteiger partial charge in [0.25, 0.3) is 0 Å². The number of benzene rings is 2. The first-order chi connectivity index (χ1) is 9.81. The number of fused-ring (bicyclic) bond motifs is 2. The molecule has 0 bridgehead atoms. The maximum Gasteiger partial charge on any atom is 0.163 e. The van der Waals surface area contributed by atoms with Crippen molar-refractivity contribution in [2.24, 2.45) is 0 Å². The molecule has 0 radical (unpaired) electrons. The average molecular weight is 259 g/mol. The summed E-state index contributed by atoms with van der Waals surface area (Å²) in [5.41, 5.74) is 5.09. The molecule has 1 aliphatic carbocycles. The number of hydrogen-bond acceptors (Lipinski definition) is 2. The van der Waals surface area contributed by atoms with Crippen molar-refractivity contribution in [1.29, 1.82) is 0 Å². The molecule has 1 heterocycles. The van der Waals surface area contributed by atoms with Crippen LogP contribution in [0.5, 0.6) is 0 Å². The van der Waals surface area contributed by atoms with Crippen molar-refractivity contribution >= 4 is 16.7 Å². The molecule has 3 aromatic rings. The standard InChI is InChI=1S/C18H13NO/c20-18-10-7-13-11-14(5-8-15(13)18)17-9-6-12-3-1-2-4-16(12)19-17/h1-6,8-9,11H,7,10H2. The van der Waals surface area contributed by atoms with E-state index in [1.165, 1.54) is 0 Å². The fraction of sp³-hybridized carbons (Fsp3) is 0.111. The van der Waals surface area contributed by atoms with E-state index in [2.05, 4.69) is 18.2 Å². The number of hydrogen-bond donors (Lipinski definition) is 0. The van der Waals surface area contributed by atoms with Crippen molar-refractivity contribution in [3.8, 4) is 11.3 Å². The highest BCUT2D eigenvalue weighted by atomic mass is 16.1. The van der Waals surface area contributed by atoms with Crippen LogP contribution in [0.1, 0.15) is 22.3 Å². The Morgan fingerprint density at radius 1 is 0.900 bits per heavy atom. The number of aryl methyl sites for hydroxylation is 1. The Labute approximate surface area is 117 Å². The van der Waals surface area contributed by atoms with Crippen LogP contribution in [0.4, 0.5) is 0 Å². The summed E-state index contributed by atoms with van der Waals surface area (Å²) in [4.78, 5) is 16.4. The Morgan fingerprint density at radius 3 is 2.75 bits per heavy atom. The first kappa shape index (κ1) is 11.4. The van der Waals surface area contributed by atoms with Gasteiger partial charge in [0.15, 0.2) is 5.78 Å². The Kier molecular flexibility index (Phi) is 2.43. The molecule has 2 heteroatoms. The molecule has 0 aliphatic heterocycles. The van der Waals surface area contributed by atoms with Gasteiger partial charge >= 0.3 is 0 Å². The number of rotatable bonds is 1. The Morgan fingerprint density at radius 2 is 1.80 bits per heavy atom. The molecule has 0 amide bonds. The summed E-state index contributed by atoms with van der Waals surface area (Å²) in [5.74, 6) is 0.262. The van der Waals surface area contributed by atoms with Gasteiger partial charge in [-0.3, -0.25) is 4.79 Å². The molecule has 96 valence electrons. The predicted octanol–water partition coefficient (Wildman–Crippen LogP) is 4.03. The molecule has 2 nitrogen and oxygen atoms in total. The van der Waals surface area contributed by atoms with Crippen LogP contribution in [0.25, 0.3) is 22.2 Å². The monoisotopic (exact) mass is 259 g/mol. The lowest BCUT2D eigenvalue weighted by atomic mass is 10.0. The second-order valence-electron chi connectivity index (χ2n) is 5.18. The largest absolute Gasteiger partial charge is 0.294 e. The first-order valence-electron chi connectivity index (χ1n) is 6.83. The van der Waals surface area contributed by atoms with Crippen LogP contribution in [0.3, 0.4) is 0 Å². The number of aromatic nitrogens is 1. The third-order valence-corrected chi connectivity index (χ3v) is 3.92. The Balaban J connectivity index is 1.85. The van der Waals surface area contributed by atoms with Gasteiger partial charge in [0.1, 0.15) is 0 Å². The molecular weight excluding hydrogens is 246 g/mol. The summed E-state index contributed by atoms with van der Waals surface area (Å²) >= 11 is 0. The molecule has 0 saturated carbocycles. The van der Waals surface area contributed by atoms with E-state index >= 15 is 0 Å². The van der Waals surface area contributed by atoms with Gasteiger partial charge in [-0.2, -0.15) is 0 Å². The van der Waals surface area contributed by atoms with E-state index in [1.54, 1.807) is 0 Å². The van der Waals surface area contributed by atoms with E-state index in [0.29, 0.717) is 6.42 Å². The van der Waals surface area contributed by atoms with Gasteiger partial charge in [-0.25, -0.2) is 4.98 Å². The maximum atomic E-state index is 11.7. The number of pyridine rings is 1. The summed E-state index contributed by atoms with van der Waals surface area (Å²) in [6.07, 6.45) is 1.50. The summed E-state index contributed by atoms with van der Waals surface area (Å²) in [7, 11) is 0. The van der Waals surface area contributed by atoms with E-state index in [4.69, 9.17) is 4.98 Å². The van der Waals surface area contributed by atoms with Gasteiger partial charge in [-0.1, -0.05) is 36.4 Å². The lowest BCUT2D eigenvalue weighted by molar-refractivity contribution is 0.0994. The normalized spacial score (nSPS) is 13.7. The zero-order chi connectivity index (χ0) is 13.5. The van der Waals surface area contributed by atoms with Gasteiger partial charge in [0.05, 0.1) is 11.2 Å². The fourth-order valence-corrected chi connectivity index (χ4v) is 2.84. The van der Waals surface area contributed by atoms with E-state index in [0.717, 1.165) is 39.7 Å². The molecule has 1 aromatic heterocycles. The molecule has 0 atom stereocenters. The van der Waals surface area contributed by atoms with Crippen LogP contribution in [0.2, 0.25) is 0 Å². The summed E-state index contributed by atoms with van der Waals surface area (Å²) in [5, 5.41) is 1.15. The molecule has 0 unspecified atom stereocenters. The number of ketones is 1. The molecular formula is C18H13NO. The summed E-state index contributed by atoms with van der Waals surface area (Å²) in [6, 6.07) is 18.3. The second kappa shape index (κ2) is 4.27. The van der Waals surface area contributed by atoms with Crippen LogP contribution in [0, 0.1) is 0 Å². The molecule has 0 saturated heterocycles. The SMILES string of the molecule is O=C1CCc2cc(-c3ccc4ccccc4n3)ccc21. The van der Waals surface area contributed by atoms with Crippen molar-refractivity contribution in [3.63, 3.8) is 0 Å². The van der Waals surface area contributed by atoms with Crippen LogP contribution in [-0.2, 0) is 6.42 Å². The van der Waals surface area contributed by atoms with Gasteiger partial charge < -0.3 is 0 Å². The highest BCUT2D eigenvalue weighted by Gasteiger charge is 2.19. The van der Waals surface area contributed by atoms with E-state index < -0.39 is 0 Å². The van der Waals surface area contributed by atoms with E-state index in [1.807, 2.05) is 36.4 Å². The second-order valence-corrected chi connectivity index (χ2v) is 5.18. The quantitative estimate of drug-likeness (QED) is 0.660. The predicted molar refractivity (Wildman–Crippen MR) is 79.8 cm³/mol. The zero-order valence-electron chi connectivity index (χ0n) is 11.0. The van der Waals surface area contributed by atoms with Crippen LogP contribution in [-0.4, -0.2) is 10.8 Å². The third kappa shape index (κ3) is 1.73. The molecule has 2 aromatic carbocycles. The topological polar surface area (TPSA) is 30.0 Å². The Bertz CT molecular complexity index is 836. The maximum absolute atomic E-state index is 11.7. The highest BCUT2D eigenvalue weighted by molar-refractivity contribution is 6.01. The lowest BCUT2D eigenvalue weighted by Crippen LogP contribution is -1.92. The van der Waals surface area contributed by atoms with Crippen molar-refractivity contribution in [2.75, 3.05) is 0 Å². The van der Waals surface area contributed by atoms with Crippen molar-refractivity contribution in [3.05, 3.63) is 65.7 Å². The smallest absolute Gasteiger partial charge is 0.163 e. The number of carbonyl (C=O) groups is 1. The van der Waals surface area contributed by atoms with Crippen LogP contribution >= 0.6 is 0 Å². The minimum absolute atomic E-state index is 0.262. The fourth-order valence-electron chi connectivity index (χ4n) is 2.84. The minimum atomic E-state index is 0.262. The molecule has 0 fully saturated rings. The van der Waals surface area contributed by atoms with E-state index in [9.17, 15) is 4.79 Å². The molecule has 1 aliphatic rings. The number of para-hydroxylation sites is 1. The number of carbonyl (C=O) groups excluding carboxylic acids is 1. The zero-order valence-corrected chi connectivity index (χ0v) is 11.0.